The largest absolute Gasteiger partial charge is 0.497 e. The highest BCUT2D eigenvalue weighted by atomic mass is 35.5. The quantitative estimate of drug-likeness (QED) is 0.351. The molecule has 1 atom stereocenters. The Bertz CT molecular complexity index is 1490. The van der Waals surface area contributed by atoms with Crippen LogP contribution in [0.15, 0.2) is 78.2 Å². The van der Waals surface area contributed by atoms with Gasteiger partial charge in [-0.1, -0.05) is 41.9 Å². The SMILES string of the molecule is COc1cccc(-c2[nH]nc3c2C(c2ccc(OCc4c(F)cccc4Cl)cc2)C(C#N)=C(N)O3)c1. The minimum absolute atomic E-state index is 0.00628. The second-order valence-corrected chi connectivity index (χ2v) is 8.44. The molecule has 3 aromatic carbocycles. The number of halogens is 2. The zero-order chi connectivity index (χ0) is 25.2. The van der Waals surface area contributed by atoms with E-state index in [2.05, 4.69) is 16.3 Å². The van der Waals surface area contributed by atoms with E-state index in [1.165, 1.54) is 6.07 Å². The summed E-state index contributed by atoms with van der Waals surface area (Å²) in [5.41, 5.74) is 9.59. The molecule has 0 spiro atoms. The van der Waals surface area contributed by atoms with Crippen molar-refractivity contribution in [2.75, 3.05) is 7.11 Å². The molecule has 0 amide bonds. The van der Waals surface area contributed by atoms with Gasteiger partial charge in [0.15, 0.2) is 0 Å². The number of nitrogens with zero attached hydrogens (tertiary/aromatic N) is 2. The highest BCUT2D eigenvalue weighted by molar-refractivity contribution is 6.31. The minimum Gasteiger partial charge on any atom is -0.497 e. The van der Waals surface area contributed by atoms with Crippen LogP contribution >= 0.6 is 11.6 Å². The lowest BCUT2D eigenvalue weighted by molar-refractivity contribution is 0.300. The van der Waals surface area contributed by atoms with Crippen molar-refractivity contribution in [3.63, 3.8) is 0 Å². The minimum atomic E-state index is -0.534. The summed E-state index contributed by atoms with van der Waals surface area (Å²) in [5.74, 6) is 0.515. The molecule has 1 unspecified atom stereocenters. The molecule has 36 heavy (non-hydrogen) atoms. The fraction of sp³-hybridized carbons (Fsp3) is 0.111. The van der Waals surface area contributed by atoms with E-state index < -0.39 is 11.7 Å². The van der Waals surface area contributed by atoms with Crippen molar-refractivity contribution >= 4 is 11.6 Å². The Morgan fingerprint density at radius 2 is 1.92 bits per heavy atom. The Balaban J connectivity index is 1.50. The predicted molar refractivity (Wildman–Crippen MR) is 132 cm³/mol. The van der Waals surface area contributed by atoms with Crippen LogP contribution in [0.5, 0.6) is 17.4 Å². The van der Waals surface area contributed by atoms with Crippen molar-refractivity contribution in [1.82, 2.24) is 10.2 Å². The Kier molecular flexibility index (Phi) is 6.23. The number of hydrogen-bond donors (Lipinski definition) is 2. The molecule has 0 bridgehead atoms. The first-order valence-corrected chi connectivity index (χ1v) is 11.3. The van der Waals surface area contributed by atoms with Crippen LogP contribution < -0.4 is 19.9 Å². The molecular formula is C27H20ClFN4O3. The van der Waals surface area contributed by atoms with Gasteiger partial charge in [-0.2, -0.15) is 5.26 Å². The number of aromatic amines is 1. The first-order chi connectivity index (χ1) is 17.5. The summed E-state index contributed by atoms with van der Waals surface area (Å²) < 4.78 is 30.9. The first-order valence-electron chi connectivity index (χ1n) is 11.0. The molecular weight excluding hydrogens is 483 g/mol. The number of hydrogen-bond acceptors (Lipinski definition) is 6. The van der Waals surface area contributed by atoms with E-state index in [1.54, 1.807) is 31.4 Å². The third-order valence-corrected chi connectivity index (χ3v) is 6.31. The summed E-state index contributed by atoms with van der Waals surface area (Å²) in [5, 5.41) is 17.5. The summed E-state index contributed by atoms with van der Waals surface area (Å²) in [6.45, 7) is -0.0235. The lowest BCUT2D eigenvalue weighted by atomic mass is 9.83. The molecule has 9 heteroatoms. The van der Waals surface area contributed by atoms with Crippen molar-refractivity contribution < 1.29 is 18.6 Å². The van der Waals surface area contributed by atoms with E-state index in [4.69, 9.17) is 31.5 Å². The van der Waals surface area contributed by atoms with E-state index in [0.717, 1.165) is 11.1 Å². The van der Waals surface area contributed by atoms with E-state index in [-0.39, 0.29) is 23.6 Å². The van der Waals surface area contributed by atoms with Gasteiger partial charge >= 0.3 is 0 Å². The Labute approximate surface area is 211 Å². The third kappa shape index (κ3) is 4.21. The van der Waals surface area contributed by atoms with Crippen LogP contribution in [0, 0.1) is 17.1 Å². The topological polar surface area (TPSA) is 106 Å². The standard InChI is InChI=1S/C27H20ClFN4O3/c1-34-18-5-2-4-16(12-18)25-24-23(19(13-30)26(31)36-27(24)33-32-25)15-8-10-17(11-9-15)35-14-20-21(28)6-3-7-22(20)29/h2-12,23H,14,31H2,1H3,(H,32,33). The van der Waals surface area contributed by atoms with Crippen LogP contribution in [-0.4, -0.2) is 17.3 Å². The van der Waals surface area contributed by atoms with Gasteiger partial charge in [-0.3, -0.25) is 5.10 Å². The summed E-state index contributed by atoms with van der Waals surface area (Å²) in [6, 6.07) is 21.3. The van der Waals surface area contributed by atoms with Gasteiger partial charge in [-0.05, 0) is 42.0 Å². The van der Waals surface area contributed by atoms with Crippen LogP contribution in [0.2, 0.25) is 5.02 Å². The maximum absolute atomic E-state index is 14.1. The Morgan fingerprint density at radius 1 is 1.14 bits per heavy atom. The van der Waals surface area contributed by atoms with Crippen molar-refractivity contribution in [2.24, 2.45) is 5.73 Å². The fourth-order valence-electron chi connectivity index (χ4n) is 4.16. The summed E-state index contributed by atoms with van der Waals surface area (Å²) in [6.07, 6.45) is 0. The van der Waals surface area contributed by atoms with Crippen LogP contribution in [-0.2, 0) is 6.61 Å². The zero-order valence-electron chi connectivity index (χ0n) is 19.1. The molecule has 5 rings (SSSR count). The molecule has 7 nitrogen and oxygen atoms in total. The zero-order valence-corrected chi connectivity index (χ0v) is 19.8. The number of H-pyrrole nitrogens is 1. The van der Waals surface area contributed by atoms with Crippen LogP contribution in [0.3, 0.4) is 0 Å². The molecule has 0 fully saturated rings. The molecule has 4 aromatic rings. The van der Waals surface area contributed by atoms with Gasteiger partial charge in [-0.25, -0.2) is 4.39 Å². The molecule has 0 saturated heterocycles. The van der Waals surface area contributed by atoms with Gasteiger partial charge in [0, 0.05) is 11.1 Å². The summed E-state index contributed by atoms with van der Waals surface area (Å²) >= 11 is 6.09. The predicted octanol–water partition coefficient (Wildman–Crippen LogP) is 5.67. The van der Waals surface area contributed by atoms with Gasteiger partial charge in [0.05, 0.1) is 29.3 Å². The number of methoxy groups -OCH3 is 1. The number of allylic oxidation sites excluding steroid dienone is 1. The third-order valence-electron chi connectivity index (χ3n) is 5.96. The second kappa shape index (κ2) is 9.64. The molecule has 1 aromatic heterocycles. The molecule has 0 saturated carbocycles. The van der Waals surface area contributed by atoms with Crippen molar-refractivity contribution in [3.05, 3.63) is 106 Å². The lowest BCUT2D eigenvalue weighted by Gasteiger charge is -2.24. The number of fused-ring (bicyclic) bond motifs is 1. The summed E-state index contributed by atoms with van der Waals surface area (Å²) in [7, 11) is 1.59. The van der Waals surface area contributed by atoms with Gasteiger partial charge < -0.3 is 19.9 Å². The van der Waals surface area contributed by atoms with Crippen molar-refractivity contribution in [2.45, 2.75) is 12.5 Å². The highest BCUT2D eigenvalue weighted by Crippen LogP contribution is 2.46. The number of nitrogens with one attached hydrogen (secondary N) is 1. The number of nitriles is 1. The van der Waals surface area contributed by atoms with Gasteiger partial charge in [0.2, 0.25) is 11.8 Å². The average Bonchev–Trinajstić information content (AvgIpc) is 3.31. The number of benzene rings is 3. The Morgan fingerprint density at radius 3 is 2.64 bits per heavy atom. The Hall–Kier alpha value is -4.48. The molecule has 1 aliphatic heterocycles. The van der Waals surface area contributed by atoms with E-state index in [9.17, 15) is 9.65 Å². The van der Waals surface area contributed by atoms with Gasteiger partial charge in [0.25, 0.3) is 0 Å². The van der Waals surface area contributed by atoms with Crippen LogP contribution in [0.4, 0.5) is 4.39 Å². The molecule has 180 valence electrons. The first kappa shape index (κ1) is 23.3. The van der Waals surface area contributed by atoms with Crippen molar-refractivity contribution in [1.29, 1.82) is 5.26 Å². The number of aromatic nitrogens is 2. The fourth-order valence-corrected chi connectivity index (χ4v) is 4.38. The van der Waals surface area contributed by atoms with Gasteiger partial charge in [0.1, 0.15) is 35.6 Å². The monoisotopic (exact) mass is 502 g/mol. The van der Waals surface area contributed by atoms with Gasteiger partial charge in [-0.15, -0.1) is 5.10 Å². The molecule has 0 aliphatic carbocycles. The average molecular weight is 503 g/mol. The van der Waals surface area contributed by atoms with Crippen LogP contribution in [0.1, 0.15) is 22.6 Å². The number of nitrogens with two attached hydrogens (primary N) is 1. The van der Waals surface area contributed by atoms with E-state index in [1.807, 2.05) is 36.4 Å². The smallest absolute Gasteiger partial charge is 0.244 e. The van der Waals surface area contributed by atoms with E-state index >= 15 is 0 Å². The van der Waals surface area contributed by atoms with E-state index in [0.29, 0.717) is 33.7 Å². The van der Waals surface area contributed by atoms with Crippen LogP contribution in [0.25, 0.3) is 11.3 Å². The normalized spacial score (nSPS) is 14.6. The maximum atomic E-state index is 14.1. The van der Waals surface area contributed by atoms with Crippen molar-refractivity contribution in [3.8, 4) is 34.7 Å². The summed E-state index contributed by atoms with van der Waals surface area (Å²) in [4.78, 5) is 0. The molecule has 0 radical (unpaired) electrons. The maximum Gasteiger partial charge on any atom is 0.244 e. The lowest BCUT2D eigenvalue weighted by Crippen LogP contribution is -2.21. The number of ether oxygens (including phenoxy) is 3. The molecule has 1 aliphatic rings. The molecule has 3 N–H and O–H groups in total. The highest BCUT2D eigenvalue weighted by Gasteiger charge is 2.35. The number of rotatable bonds is 6. The second-order valence-electron chi connectivity index (χ2n) is 8.03. The molecule has 2 heterocycles.